The van der Waals surface area contributed by atoms with E-state index in [0.29, 0.717) is 18.3 Å². The fourth-order valence-corrected chi connectivity index (χ4v) is 5.44. The van der Waals surface area contributed by atoms with Crippen molar-refractivity contribution in [1.29, 1.82) is 0 Å². The summed E-state index contributed by atoms with van der Waals surface area (Å²) in [6.07, 6.45) is 7.02. The average Bonchev–Trinajstić information content (AvgIpc) is 2.88. The van der Waals surface area contributed by atoms with Crippen LogP contribution in [0.2, 0.25) is 0 Å². The van der Waals surface area contributed by atoms with Gasteiger partial charge in [0.25, 0.3) is 0 Å². The molecule has 5 aliphatic rings. The van der Waals surface area contributed by atoms with Crippen molar-refractivity contribution >= 4 is 34.8 Å². The molecule has 0 saturated heterocycles. The summed E-state index contributed by atoms with van der Waals surface area (Å²) in [7, 11) is 0. The van der Waals surface area contributed by atoms with Crippen LogP contribution in [0.4, 0.5) is 0 Å². The second-order valence-electron chi connectivity index (χ2n) is 7.50. The Morgan fingerprint density at radius 1 is 1.15 bits per heavy atom. The molecule has 110 valence electrons. The van der Waals surface area contributed by atoms with Gasteiger partial charge in [-0.1, -0.05) is 0 Å². The van der Waals surface area contributed by atoms with Gasteiger partial charge < -0.3 is 0 Å². The van der Waals surface area contributed by atoms with Crippen LogP contribution in [0.15, 0.2) is 5.10 Å². The minimum absolute atomic E-state index is 0.135. The largest absolute Gasteiger partial charge is 0.272 e. The fraction of sp³-hybridized carbons (Fsp3) is 0.867. The molecular formula is C15H20Cl2N2O. The smallest absolute Gasteiger partial charge is 0.249 e. The van der Waals surface area contributed by atoms with E-state index < -0.39 is 9.75 Å². The maximum Gasteiger partial charge on any atom is 0.249 e. The molecule has 0 aromatic carbocycles. The number of hydrogen-bond acceptors (Lipinski definition) is 2. The Hall–Kier alpha value is -0.280. The van der Waals surface area contributed by atoms with Crippen LogP contribution in [-0.4, -0.2) is 16.0 Å². The van der Waals surface area contributed by atoms with Gasteiger partial charge in [-0.05, 0) is 69.1 Å². The lowest BCUT2D eigenvalue weighted by atomic mass is 9.55. The van der Waals surface area contributed by atoms with Crippen LogP contribution >= 0.6 is 23.2 Å². The molecular weight excluding hydrogens is 295 g/mol. The van der Waals surface area contributed by atoms with Gasteiger partial charge in [0.15, 0.2) is 0 Å². The minimum Gasteiger partial charge on any atom is -0.272 e. The summed E-state index contributed by atoms with van der Waals surface area (Å²) in [5.74, 6) is 2.90. The number of nitrogens with one attached hydrogen (secondary N) is 1. The molecule has 0 unspecified atom stereocenters. The van der Waals surface area contributed by atoms with Crippen LogP contribution in [0.25, 0.3) is 0 Å². The number of halogens is 2. The Morgan fingerprint density at radius 2 is 1.65 bits per heavy atom. The fourth-order valence-electron chi connectivity index (χ4n) is 4.73. The molecule has 0 spiro atoms. The zero-order chi connectivity index (χ0) is 14.1. The molecule has 5 aliphatic carbocycles. The summed E-state index contributed by atoms with van der Waals surface area (Å²) in [5.41, 5.74) is 3.31. The lowest BCUT2D eigenvalue weighted by Crippen LogP contribution is -2.46. The topological polar surface area (TPSA) is 41.5 Å². The number of hydrogen-bond donors (Lipinski definition) is 1. The molecule has 0 heterocycles. The first kappa shape index (κ1) is 13.4. The predicted octanol–water partition coefficient (Wildman–Crippen LogP) is 3.50. The molecule has 20 heavy (non-hydrogen) atoms. The van der Waals surface area contributed by atoms with Crippen molar-refractivity contribution in [2.24, 2.45) is 34.2 Å². The lowest BCUT2D eigenvalue weighted by molar-refractivity contribution is -0.125. The number of alkyl halides is 2. The van der Waals surface area contributed by atoms with Gasteiger partial charge in [0.1, 0.15) is 4.33 Å². The highest BCUT2D eigenvalue weighted by Gasteiger charge is 2.68. The molecule has 0 radical (unpaired) electrons. The van der Waals surface area contributed by atoms with Gasteiger partial charge in [0.2, 0.25) is 5.91 Å². The van der Waals surface area contributed by atoms with Crippen LogP contribution in [-0.2, 0) is 4.79 Å². The van der Waals surface area contributed by atoms with E-state index in [0.717, 1.165) is 11.8 Å². The van der Waals surface area contributed by atoms with Crippen LogP contribution in [0.3, 0.4) is 0 Å². The van der Waals surface area contributed by atoms with Crippen molar-refractivity contribution in [3.63, 3.8) is 0 Å². The van der Waals surface area contributed by atoms with Crippen molar-refractivity contribution in [1.82, 2.24) is 5.43 Å². The number of rotatable bonds is 2. The molecule has 1 N–H and O–H groups in total. The first-order valence-electron chi connectivity index (χ1n) is 7.65. The van der Waals surface area contributed by atoms with Crippen LogP contribution in [0, 0.1) is 29.1 Å². The van der Waals surface area contributed by atoms with E-state index in [1.54, 1.807) is 6.92 Å². The van der Waals surface area contributed by atoms with E-state index in [1.807, 2.05) is 0 Å². The van der Waals surface area contributed by atoms with Crippen molar-refractivity contribution in [3.8, 4) is 0 Å². The highest BCUT2D eigenvalue weighted by atomic mass is 35.5. The minimum atomic E-state index is -0.915. The second-order valence-corrected chi connectivity index (χ2v) is 8.98. The highest BCUT2D eigenvalue weighted by molar-refractivity contribution is 6.53. The summed E-state index contributed by atoms with van der Waals surface area (Å²) in [5, 5.41) is 4.49. The highest BCUT2D eigenvalue weighted by Crippen LogP contribution is 2.63. The molecule has 1 amide bonds. The molecule has 5 rings (SSSR count). The lowest BCUT2D eigenvalue weighted by Gasteiger charge is -2.50. The number of hydrazone groups is 1. The number of amides is 1. The van der Waals surface area contributed by atoms with Gasteiger partial charge >= 0.3 is 0 Å². The molecule has 5 heteroatoms. The Labute approximate surface area is 129 Å². The third kappa shape index (κ3) is 1.85. The van der Waals surface area contributed by atoms with Crippen molar-refractivity contribution in [2.45, 2.75) is 49.8 Å². The summed E-state index contributed by atoms with van der Waals surface area (Å²) < 4.78 is -0.915. The van der Waals surface area contributed by atoms with E-state index in [2.05, 4.69) is 10.5 Å². The zero-order valence-electron chi connectivity index (χ0n) is 11.7. The first-order chi connectivity index (χ1) is 9.39. The molecule has 0 aliphatic heterocycles. The van der Waals surface area contributed by atoms with E-state index in [-0.39, 0.29) is 5.91 Å². The summed E-state index contributed by atoms with van der Waals surface area (Å²) >= 11 is 12.1. The van der Waals surface area contributed by atoms with E-state index in [1.165, 1.54) is 37.8 Å². The van der Waals surface area contributed by atoms with Crippen molar-refractivity contribution in [3.05, 3.63) is 0 Å². The summed E-state index contributed by atoms with van der Waals surface area (Å²) in [6.45, 7) is 1.80. The number of nitrogens with zero attached hydrogens (tertiary/aromatic N) is 1. The van der Waals surface area contributed by atoms with Crippen molar-refractivity contribution in [2.75, 3.05) is 0 Å². The van der Waals surface area contributed by atoms with Gasteiger partial charge in [-0.3, -0.25) is 4.79 Å². The van der Waals surface area contributed by atoms with Crippen LogP contribution in [0.1, 0.15) is 45.4 Å². The van der Waals surface area contributed by atoms with Gasteiger partial charge in [-0.25, -0.2) is 5.43 Å². The summed E-state index contributed by atoms with van der Waals surface area (Å²) in [4.78, 5) is 12.2. The Kier molecular flexibility index (Phi) is 2.77. The molecule has 0 aromatic rings. The van der Waals surface area contributed by atoms with Crippen LogP contribution < -0.4 is 5.43 Å². The second kappa shape index (κ2) is 4.13. The third-order valence-electron chi connectivity index (χ3n) is 6.02. The normalized spacial score (nSPS) is 47.2. The zero-order valence-corrected chi connectivity index (χ0v) is 13.2. The predicted molar refractivity (Wildman–Crippen MR) is 79.8 cm³/mol. The van der Waals surface area contributed by atoms with Crippen LogP contribution in [0.5, 0.6) is 0 Å². The Bertz CT molecular complexity index is 472. The summed E-state index contributed by atoms with van der Waals surface area (Å²) in [6, 6.07) is 0. The Balaban J connectivity index is 1.47. The van der Waals surface area contributed by atoms with E-state index >= 15 is 0 Å². The third-order valence-corrected chi connectivity index (χ3v) is 7.12. The molecule has 0 aromatic heterocycles. The maximum atomic E-state index is 12.2. The van der Waals surface area contributed by atoms with Gasteiger partial charge in [0, 0.05) is 5.71 Å². The number of carbonyl (C=O) groups is 1. The van der Waals surface area contributed by atoms with Gasteiger partial charge in [0.05, 0.1) is 5.41 Å². The van der Waals surface area contributed by atoms with Gasteiger partial charge in [-0.2, -0.15) is 5.10 Å². The molecule has 5 saturated carbocycles. The molecule has 3 nitrogen and oxygen atoms in total. The average molecular weight is 315 g/mol. The monoisotopic (exact) mass is 314 g/mol. The van der Waals surface area contributed by atoms with Crippen molar-refractivity contribution < 1.29 is 4.79 Å². The molecule has 1 atom stereocenters. The molecule has 4 bridgehead atoms. The molecule has 5 fully saturated rings. The number of carbonyl (C=O) groups excluding carboxylic acids is 1. The van der Waals surface area contributed by atoms with Gasteiger partial charge in [-0.15, -0.1) is 23.2 Å². The SMILES string of the molecule is C[C@@]1(C(=O)NN=C2C3CC4CC(C3)CC2C4)CC1(Cl)Cl. The Morgan fingerprint density at radius 3 is 2.10 bits per heavy atom. The van der Waals surface area contributed by atoms with E-state index in [9.17, 15) is 4.79 Å². The quantitative estimate of drug-likeness (QED) is 0.615. The standard InChI is InChI=1S/C15H20Cl2N2O/c1-14(7-15(14,16)17)13(20)19-18-12-10-3-8-2-9(5-10)6-11(12)4-8/h8-11H,2-7H2,1H3,(H,19,20)/t8?,9?,10?,11?,14-/m0/s1. The first-order valence-corrected chi connectivity index (χ1v) is 8.40. The maximum absolute atomic E-state index is 12.2. The van der Waals surface area contributed by atoms with E-state index in [4.69, 9.17) is 23.2 Å².